The maximum absolute atomic E-state index is 12.6. The normalized spacial score (nSPS) is 12.7. The fourth-order valence-corrected chi connectivity index (χ4v) is 3.81. The van der Waals surface area contributed by atoms with Crippen molar-refractivity contribution in [3.8, 4) is 0 Å². The topological polar surface area (TPSA) is 125 Å². The average Bonchev–Trinajstić information content (AvgIpc) is 2.72. The van der Waals surface area contributed by atoms with E-state index in [1.54, 1.807) is 0 Å². The first kappa shape index (κ1) is 27.4. The molecule has 0 aliphatic carbocycles. The van der Waals surface area contributed by atoms with E-state index < -0.39 is 23.0 Å². The summed E-state index contributed by atoms with van der Waals surface area (Å²) in [4.78, 5) is 50.6. The van der Waals surface area contributed by atoms with Crippen LogP contribution < -0.4 is 5.32 Å². The minimum atomic E-state index is -0.961. The van der Waals surface area contributed by atoms with Crippen molar-refractivity contribution in [1.82, 2.24) is 5.32 Å². The van der Waals surface area contributed by atoms with Crippen LogP contribution in [0.1, 0.15) is 57.6 Å². The molecule has 0 radical (unpaired) electrons. The van der Waals surface area contributed by atoms with Crippen LogP contribution in [0.3, 0.4) is 0 Å². The van der Waals surface area contributed by atoms with E-state index in [9.17, 15) is 24.5 Å². The van der Waals surface area contributed by atoms with Gasteiger partial charge in [-0.1, -0.05) is 56.8 Å². The molecule has 0 saturated heterocycles. The predicted molar refractivity (Wildman–Crippen MR) is 122 cm³/mol. The molecule has 0 heterocycles. The Balaban J connectivity index is 2.54. The van der Waals surface area contributed by atoms with E-state index in [2.05, 4.69) is 24.0 Å². The highest BCUT2D eigenvalue weighted by molar-refractivity contribution is 8.13. The number of hydrogen-bond donors (Lipinski definition) is 1. The fraction of sp³-hybridized carbons (Fsp3) is 0.591. The molecule has 0 fully saturated rings. The van der Waals surface area contributed by atoms with Crippen molar-refractivity contribution in [3.63, 3.8) is 0 Å². The number of carbonyl (C=O) groups excluding carboxylic acids is 3. The zero-order valence-electron chi connectivity index (χ0n) is 19.0. The summed E-state index contributed by atoms with van der Waals surface area (Å²) in [6, 6.07) is 6.99. The van der Waals surface area contributed by atoms with Gasteiger partial charge in [0.05, 0.1) is 19.1 Å². The zero-order valence-corrected chi connectivity index (χ0v) is 19.8. The molecule has 0 spiro atoms. The number of unbranched alkanes of at least 4 members (excludes halogenated alkanes) is 1. The Morgan fingerprint density at radius 1 is 1.09 bits per heavy atom. The molecule has 1 aromatic carbocycles. The number of carbonyl (C=O) groups is 3. The third-order valence-electron chi connectivity index (χ3n) is 4.51. The van der Waals surface area contributed by atoms with Crippen LogP contribution in [0.5, 0.6) is 0 Å². The molecular weight excluding hydrogens is 436 g/mol. The molecule has 0 aromatic heterocycles. The van der Waals surface area contributed by atoms with Crippen LogP contribution in [-0.4, -0.2) is 47.1 Å². The van der Waals surface area contributed by atoms with Gasteiger partial charge >= 0.3 is 5.97 Å². The lowest BCUT2D eigenvalue weighted by molar-refractivity contribution is -0.757. The van der Waals surface area contributed by atoms with E-state index in [-0.39, 0.29) is 30.0 Å². The van der Waals surface area contributed by atoms with E-state index in [4.69, 9.17) is 4.74 Å². The largest absolute Gasteiger partial charge is 0.464 e. The molecule has 0 aliphatic heterocycles. The quantitative estimate of drug-likeness (QED) is 0.191. The Morgan fingerprint density at radius 3 is 2.28 bits per heavy atom. The highest BCUT2D eigenvalue weighted by atomic mass is 32.2. The number of thioether (sulfide) groups is 1. The van der Waals surface area contributed by atoms with E-state index in [1.807, 2.05) is 31.2 Å². The van der Waals surface area contributed by atoms with Crippen molar-refractivity contribution in [2.24, 2.45) is 5.92 Å². The van der Waals surface area contributed by atoms with Gasteiger partial charge in [-0.3, -0.25) is 9.59 Å². The maximum Gasteiger partial charge on any atom is 0.329 e. The highest BCUT2D eigenvalue weighted by Crippen LogP contribution is 2.24. The van der Waals surface area contributed by atoms with Gasteiger partial charge in [-0.2, -0.15) is 0 Å². The number of amides is 1. The van der Waals surface area contributed by atoms with E-state index in [0.717, 1.165) is 23.7 Å². The van der Waals surface area contributed by atoms with Crippen LogP contribution in [0.4, 0.5) is 0 Å². The van der Waals surface area contributed by atoms with Crippen LogP contribution in [0.2, 0.25) is 0 Å². The average molecular weight is 469 g/mol. The Morgan fingerprint density at radius 2 is 1.72 bits per heavy atom. The Kier molecular flexibility index (Phi) is 12.4. The van der Waals surface area contributed by atoms with Gasteiger partial charge in [0.2, 0.25) is 5.91 Å². The van der Waals surface area contributed by atoms with Gasteiger partial charge in [0.15, 0.2) is 5.12 Å². The molecule has 1 N–H and O–H groups in total. The van der Waals surface area contributed by atoms with Crippen molar-refractivity contribution in [3.05, 3.63) is 45.5 Å². The molecular formula is C22H32N2O7S. The molecule has 178 valence electrons. The third kappa shape index (κ3) is 11.1. The lowest BCUT2D eigenvalue weighted by Gasteiger charge is -2.17. The van der Waals surface area contributed by atoms with Crippen LogP contribution in [-0.2, 0) is 30.4 Å². The van der Waals surface area contributed by atoms with Crippen LogP contribution >= 0.6 is 11.8 Å². The molecule has 1 amide bonds. The van der Waals surface area contributed by atoms with Gasteiger partial charge < -0.3 is 14.9 Å². The number of hydrogen-bond acceptors (Lipinski definition) is 8. The summed E-state index contributed by atoms with van der Waals surface area (Å²) >= 11 is 0.974. The summed E-state index contributed by atoms with van der Waals surface area (Å²) in [7, 11) is 0. The van der Waals surface area contributed by atoms with Gasteiger partial charge in [-0.25, -0.2) is 4.79 Å². The third-order valence-corrected chi connectivity index (χ3v) is 5.65. The SMILES string of the molecule is CC(=O)NC(CSC(=O)C(C)c1ccc(CC(C)C)cc1)C(=O)OCCCCO[N+](=O)[O-]. The van der Waals surface area contributed by atoms with E-state index in [1.165, 1.54) is 12.5 Å². The van der Waals surface area contributed by atoms with Crippen molar-refractivity contribution >= 4 is 28.8 Å². The molecule has 1 rings (SSSR count). The second kappa shape index (κ2) is 14.4. The predicted octanol–water partition coefficient (Wildman–Crippen LogP) is 3.28. The molecule has 0 bridgehead atoms. The summed E-state index contributed by atoms with van der Waals surface area (Å²) < 4.78 is 5.13. The maximum atomic E-state index is 12.6. The highest BCUT2D eigenvalue weighted by Gasteiger charge is 2.24. The fourth-order valence-electron chi connectivity index (χ4n) is 2.87. The molecule has 9 nitrogen and oxygen atoms in total. The first-order chi connectivity index (χ1) is 15.1. The summed E-state index contributed by atoms with van der Waals surface area (Å²) in [5, 5.41) is 11.6. The molecule has 1 aromatic rings. The Bertz CT molecular complexity index is 768. The summed E-state index contributed by atoms with van der Waals surface area (Å²) in [6.07, 6.45) is 1.70. The standard InChI is InChI=1S/C22H32N2O7S/c1-15(2)13-18-7-9-19(10-8-18)16(3)22(27)32-14-20(23-17(4)25)21(26)30-11-5-6-12-31-24(28)29/h7-10,15-16,20H,5-6,11-14H2,1-4H3,(H,23,25). The van der Waals surface area contributed by atoms with E-state index in [0.29, 0.717) is 18.8 Å². The van der Waals surface area contributed by atoms with Crippen molar-refractivity contribution in [2.45, 2.75) is 58.9 Å². The summed E-state index contributed by atoms with van der Waals surface area (Å²) in [5.74, 6) is -0.814. The molecule has 2 unspecified atom stereocenters. The Hall–Kier alpha value is -2.62. The summed E-state index contributed by atoms with van der Waals surface area (Å²) in [5.41, 5.74) is 2.11. The Labute approximate surface area is 192 Å². The van der Waals surface area contributed by atoms with Gasteiger partial charge in [0.1, 0.15) is 6.04 Å². The molecule has 10 heteroatoms. The lowest BCUT2D eigenvalue weighted by atomic mass is 9.97. The van der Waals surface area contributed by atoms with Crippen LogP contribution in [0, 0.1) is 16.0 Å². The smallest absolute Gasteiger partial charge is 0.329 e. The van der Waals surface area contributed by atoms with Gasteiger partial charge in [-0.15, -0.1) is 10.1 Å². The second-order valence-corrected chi connectivity index (χ2v) is 8.90. The monoisotopic (exact) mass is 468 g/mol. The van der Waals surface area contributed by atoms with Gasteiger partial charge in [0, 0.05) is 12.7 Å². The summed E-state index contributed by atoms with van der Waals surface area (Å²) in [6.45, 7) is 7.35. The first-order valence-corrected chi connectivity index (χ1v) is 11.5. The van der Waals surface area contributed by atoms with Crippen LogP contribution in [0.25, 0.3) is 0 Å². The van der Waals surface area contributed by atoms with Crippen LogP contribution in [0.15, 0.2) is 24.3 Å². The van der Waals surface area contributed by atoms with Gasteiger partial charge in [-0.05, 0) is 36.3 Å². The zero-order chi connectivity index (χ0) is 24.1. The number of esters is 1. The van der Waals surface area contributed by atoms with Crippen molar-refractivity contribution in [2.75, 3.05) is 19.0 Å². The minimum Gasteiger partial charge on any atom is -0.464 e. The number of nitrogens with zero attached hydrogens (tertiary/aromatic N) is 1. The molecule has 0 aliphatic rings. The minimum absolute atomic E-state index is 0.0355. The number of ether oxygens (including phenoxy) is 1. The number of nitrogens with one attached hydrogen (secondary N) is 1. The molecule has 0 saturated carbocycles. The molecule has 2 atom stereocenters. The van der Waals surface area contributed by atoms with Crippen molar-refractivity contribution < 1.29 is 29.0 Å². The van der Waals surface area contributed by atoms with Gasteiger partial charge in [0.25, 0.3) is 5.09 Å². The van der Waals surface area contributed by atoms with Crippen molar-refractivity contribution in [1.29, 1.82) is 0 Å². The lowest BCUT2D eigenvalue weighted by Crippen LogP contribution is -2.43. The number of rotatable bonds is 14. The second-order valence-electron chi connectivity index (χ2n) is 7.88. The van der Waals surface area contributed by atoms with E-state index >= 15 is 0 Å². The number of benzene rings is 1. The first-order valence-electron chi connectivity index (χ1n) is 10.6. The molecule has 32 heavy (non-hydrogen) atoms.